The molecule has 6 nitrogen and oxygen atoms in total. The molecule has 1 fully saturated rings. The highest BCUT2D eigenvalue weighted by Crippen LogP contribution is 2.43. The van der Waals surface area contributed by atoms with Gasteiger partial charge in [-0.3, -0.25) is 14.5 Å². The SMILES string of the molecule is Cc1cc(C)cc(N2C(=O)C(=O)/C(=C(\O)c3ccc4c(c3)CC(C)O4)C2c2ccc(C)o2)c1. The predicted octanol–water partition coefficient (Wildman–Crippen LogP) is 5.15. The smallest absolute Gasteiger partial charge is 0.300 e. The van der Waals surface area contributed by atoms with Crippen molar-refractivity contribution in [2.75, 3.05) is 4.90 Å². The largest absolute Gasteiger partial charge is 0.507 e. The van der Waals surface area contributed by atoms with Crippen LogP contribution in [0.1, 0.15) is 46.7 Å². The third-order valence-electron chi connectivity index (χ3n) is 6.13. The molecule has 5 rings (SSSR count). The highest BCUT2D eigenvalue weighted by Gasteiger charge is 2.48. The van der Waals surface area contributed by atoms with Gasteiger partial charge in [0.1, 0.15) is 35.2 Å². The second-order valence-corrected chi connectivity index (χ2v) is 8.92. The van der Waals surface area contributed by atoms with Gasteiger partial charge >= 0.3 is 0 Å². The molecule has 1 saturated heterocycles. The number of ether oxygens (including phenoxy) is 1. The van der Waals surface area contributed by atoms with Crippen LogP contribution in [0.2, 0.25) is 0 Å². The van der Waals surface area contributed by atoms with Crippen LogP contribution in [0.15, 0.2) is 58.5 Å². The number of carbonyl (C=O) groups is 2. The van der Waals surface area contributed by atoms with Crippen molar-refractivity contribution in [2.24, 2.45) is 0 Å². The maximum absolute atomic E-state index is 13.3. The van der Waals surface area contributed by atoms with Crippen molar-refractivity contribution in [1.82, 2.24) is 0 Å². The summed E-state index contributed by atoms with van der Waals surface area (Å²) >= 11 is 0. The van der Waals surface area contributed by atoms with Gasteiger partial charge < -0.3 is 14.3 Å². The van der Waals surface area contributed by atoms with Gasteiger partial charge in [-0.15, -0.1) is 0 Å². The number of aryl methyl sites for hydroxylation is 3. The number of rotatable bonds is 3. The number of anilines is 1. The van der Waals surface area contributed by atoms with Crippen molar-refractivity contribution in [3.63, 3.8) is 0 Å². The molecule has 168 valence electrons. The monoisotopic (exact) mass is 443 g/mol. The first-order chi connectivity index (χ1) is 15.7. The second-order valence-electron chi connectivity index (χ2n) is 8.92. The normalized spacial score (nSPS) is 21.4. The van der Waals surface area contributed by atoms with Crippen LogP contribution in [0, 0.1) is 20.8 Å². The lowest BCUT2D eigenvalue weighted by Crippen LogP contribution is -2.29. The first-order valence-corrected chi connectivity index (χ1v) is 11.0. The molecule has 2 aromatic carbocycles. The van der Waals surface area contributed by atoms with Crippen molar-refractivity contribution in [2.45, 2.75) is 46.3 Å². The van der Waals surface area contributed by atoms with Gasteiger partial charge in [0.25, 0.3) is 11.7 Å². The Kier molecular flexibility index (Phi) is 4.89. The number of nitrogens with zero attached hydrogens (tertiary/aromatic N) is 1. The van der Waals surface area contributed by atoms with Crippen LogP contribution >= 0.6 is 0 Å². The lowest BCUT2D eigenvalue weighted by atomic mass is 9.97. The molecule has 1 amide bonds. The summed E-state index contributed by atoms with van der Waals surface area (Å²) in [7, 11) is 0. The van der Waals surface area contributed by atoms with E-state index in [1.807, 2.05) is 45.0 Å². The van der Waals surface area contributed by atoms with Crippen molar-refractivity contribution >= 4 is 23.1 Å². The lowest BCUT2D eigenvalue weighted by molar-refractivity contribution is -0.132. The number of aliphatic hydroxyl groups excluding tert-OH is 1. The number of ketones is 1. The predicted molar refractivity (Wildman–Crippen MR) is 124 cm³/mol. The van der Waals surface area contributed by atoms with Crippen molar-refractivity contribution < 1.29 is 23.8 Å². The first kappa shape index (κ1) is 21.1. The molecule has 33 heavy (non-hydrogen) atoms. The van der Waals surface area contributed by atoms with Gasteiger partial charge in [-0.1, -0.05) is 6.07 Å². The second kappa shape index (κ2) is 7.66. The number of hydrogen-bond acceptors (Lipinski definition) is 5. The Morgan fingerprint density at radius 2 is 1.73 bits per heavy atom. The maximum atomic E-state index is 13.3. The van der Waals surface area contributed by atoms with E-state index in [0.29, 0.717) is 29.2 Å². The van der Waals surface area contributed by atoms with Crippen LogP contribution in [0.3, 0.4) is 0 Å². The van der Waals surface area contributed by atoms with E-state index in [1.165, 1.54) is 4.90 Å². The van der Waals surface area contributed by atoms with Gasteiger partial charge in [0.2, 0.25) is 0 Å². The van der Waals surface area contributed by atoms with E-state index < -0.39 is 17.7 Å². The molecule has 0 aliphatic carbocycles. The molecule has 2 aliphatic heterocycles. The Morgan fingerprint density at radius 3 is 2.39 bits per heavy atom. The van der Waals surface area contributed by atoms with E-state index in [0.717, 1.165) is 22.4 Å². The Balaban J connectivity index is 1.69. The molecule has 3 heterocycles. The van der Waals surface area contributed by atoms with Gasteiger partial charge in [0.15, 0.2) is 0 Å². The van der Waals surface area contributed by atoms with E-state index in [1.54, 1.807) is 31.2 Å². The Hall–Kier alpha value is -3.80. The maximum Gasteiger partial charge on any atom is 0.300 e. The van der Waals surface area contributed by atoms with Gasteiger partial charge in [0, 0.05) is 17.7 Å². The molecule has 0 radical (unpaired) electrons. The van der Waals surface area contributed by atoms with Gasteiger partial charge in [-0.05, 0) is 86.8 Å². The average molecular weight is 443 g/mol. The third-order valence-corrected chi connectivity index (χ3v) is 6.13. The summed E-state index contributed by atoms with van der Waals surface area (Å²) in [5, 5.41) is 11.3. The molecule has 6 heteroatoms. The Labute approximate surface area is 192 Å². The number of carbonyl (C=O) groups excluding carboxylic acids is 2. The molecule has 1 aromatic heterocycles. The number of furan rings is 1. The summed E-state index contributed by atoms with van der Waals surface area (Å²) in [5.74, 6) is 0.189. The van der Waals surface area contributed by atoms with Gasteiger partial charge in [-0.2, -0.15) is 0 Å². The Morgan fingerprint density at radius 1 is 1.00 bits per heavy atom. The molecule has 1 N–H and O–H groups in total. The number of amides is 1. The molecular weight excluding hydrogens is 418 g/mol. The van der Waals surface area contributed by atoms with E-state index in [9.17, 15) is 14.7 Å². The fourth-order valence-electron chi connectivity index (χ4n) is 4.78. The van der Waals surface area contributed by atoms with E-state index in [2.05, 4.69) is 0 Å². The van der Waals surface area contributed by atoms with Crippen molar-refractivity contribution in [3.8, 4) is 5.75 Å². The zero-order valence-corrected chi connectivity index (χ0v) is 19.0. The standard InChI is InChI=1S/C27H25NO5/c1-14-9-15(2)11-20(10-14)28-24(22-7-5-16(3)32-22)23(26(30)27(28)31)25(29)18-6-8-21-19(13-18)12-17(4)33-21/h5-11,13,17,24,29H,12H2,1-4H3/b25-23-. The van der Waals surface area contributed by atoms with Crippen LogP contribution < -0.4 is 9.64 Å². The first-order valence-electron chi connectivity index (χ1n) is 11.0. The van der Waals surface area contributed by atoms with Gasteiger partial charge in [-0.25, -0.2) is 0 Å². The van der Waals surface area contributed by atoms with Crippen LogP contribution in [-0.2, 0) is 16.0 Å². The molecular formula is C27H25NO5. The fourth-order valence-corrected chi connectivity index (χ4v) is 4.78. The molecule has 2 unspecified atom stereocenters. The number of aliphatic hydroxyl groups is 1. The zero-order valence-electron chi connectivity index (χ0n) is 19.0. The quantitative estimate of drug-likeness (QED) is 0.344. The minimum Gasteiger partial charge on any atom is -0.507 e. The summed E-state index contributed by atoms with van der Waals surface area (Å²) in [5.41, 5.74) is 3.96. The summed E-state index contributed by atoms with van der Waals surface area (Å²) in [6.07, 6.45) is 0.771. The van der Waals surface area contributed by atoms with E-state index in [4.69, 9.17) is 9.15 Å². The summed E-state index contributed by atoms with van der Waals surface area (Å²) < 4.78 is 11.6. The van der Waals surface area contributed by atoms with E-state index >= 15 is 0 Å². The topological polar surface area (TPSA) is 80.0 Å². The molecule has 0 saturated carbocycles. The average Bonchev–Trinajstić information content (AvgIpc) is 3.41. The number of fused-ring (bicyclic) bond motifs is 1. The zero-order chi connectivity index (χ0) is 23.4. The number of hydrogen-bond donors (Lipinski definition) is 1. The van der Waals surface area contributed by atoms with Crippen LogP contribution in [0.5, 0.6) is 5.75 Å². The number of Topliss-reactive ketones (excluding diaryl/α,β-unsaturated/α-hetero) is 1. The fraction of sp³-hybridized carbons (Fsp3) is 0.259. The number of benzene rings is 2. The lowest BCUT2D eigenvalue weighted by Gasteiger charge is -2.24. The Bertz CT molecular complexity index is 1310. The van der Waals surface area contributed by atoms with Gasteiger partial charge in [0.05, 0.1) is 5.57 Å². The molecule has 2 aliphatic rings. The third kappa shape index (κ3) is 3.52. The molecule has 0 spiro atoms. The molecule has 2 atom stereocenters. The van der Waals surface area contributed by atoms with Crippen molar-refractivity contribution in [1.29, 1.82) is 0 Å². The highest BCUT2D eigenvalue weighted by atomic mass is 16.5. The van der Waals surface area contributed by atoms with Crippen LogP contribution in [0.25, 0.3) is 5.76 Å². The summed E-state index contributed by atoms with van der Waals surface area (Å²) in [6, 6.07) is 13.7. The summed E-state index contributed by atoms with van der Waals surface area (Å²) in [6.45, 7) is 7.65. The van der Waals surface area contributed by atoms with Crippen LogP contribution in [0.4, 0.5) is 5.69 Å². The minimum absolute atomic E-state index is 0.0143. The minimum atomic E-state index is -0.872. The van der Waals surface area contributed by atoms with E-state index in [-0.39, 0.29) is 17.4 Å². The summed E-state index contributed by atoms with van der Waals surface area (Å²) in [4.78, 5) is 28.0. The molecule has 0 bridgehead atoms. The molecule has 3 aromatic rings. The highest BCUT2D eigenvalue weighted by molar-refractivity contribution is 6.51. The van der Waals surface area contributed by atoms with Crippen molar-refractivity contribution in [3.05, 3.63) is 87.9 Å². The van der Waals surface area contributed by atoms with Crippen LogP contribution in [-0.4, -0.2) is 22.9 Å².